The Kier molecular flexibility index (Phi) is 3.49. The van der Waals surface area contributed by atoms with Crippen LogP contribution in [0, 0.1) is 17.8 Å². The van der Waals surface area contributed by atoms with Gasteiger partial charge in [0.1, 0.15) is 17.9 Å². The lowest BCUT2D eigenvalue weighted by molar-refractivity contribution is -0.129. The molecule has 2 heterocycles. The van der Waals surface area contributed by atoms with Crippen LogP contribution in [0.3, 0.4) is 0 Å². The maximum Gasteiger partial charge on any atom is 0.231 e. The van der Waals surface area contributed by atoms with Gasteiger partial charge < -0.3 is 14.5 Å². The first-order valence-electron chi connectivity index (χ1n) is 7.17. The van der Waals surface area contributed by atoms with Crippen LogP contribution in [0.4, 0.5) is 0 Å². The fourth-order valence-electron chi connectivity index (χ4n) is 2.63. The van der Waals surface area contributed by atoms with Gasteiger partial charge in [-0.05, 0) is 19.1 Å². The first-order chi connectivity index (χ1) is 10.9. The second kappa shape index (κ2) is 5.36. The van der Waals surface area contributed by atoms with Gasteiger partial charge in [0.25, 0.3) is 0 Å². The zero-order valence-corrected chi connectivity index (χ0v) is 13.0. The number of para-hydroxylation sites is 1. The Balaban J connectivity index is 2.02. The van der Waals surface area contributed by atoms with Crippen molar-refractivity contribution in [3.05, 3.63) is 30.0 Å². The third-order valence-electron chi connectivity index (χ3n) is 3.97. The highest BCUT2D eigenvalue weighted by Crippen LogP contribution is 2.36. The van der Waals surface area contributed by atoms with E-state index >= 15 is 0 Å². The summed E-state index contributed by atoms with van der Waals surface area (Å²) in [6.07, 6.45) is 5.43. The van der Waals surface area contributed by atoms with E-state index in [9.17, 15) is 4.79 Å². The molecular weight excluding hydrogens is 294 g/mol. The van der Waals surface area contributed by atoms with Gasteiger partial charge in [0.15, 0.2) is 17.3 Å². The number of furan rings is 1. The van der Waals surface area contributed by atoms with Gasteiger partial charge in [0, 0.05) is 12.4 Å². The van der Waals surface area contributed by atoms with Crippen molar-refractivity contribution >= 4 is 22.8 Å². The summed E-state index contributed by atoms with van der Waals surface area (Å²) in [6.45, 7) is 1.99. The Morgan fingerprint density at radius 1 is 1.57 bits per heavy atom. The van der Waals surface area contributed by atoms with Crippen LogP contribution in [0.15, 0.2) is 28.7 Å². The van der Waals surface area contributed by atoms with Crippen LogP contribution < -0.4 is 10.1 Å². The number of hydrogen-bond donors (Lipinski definition) is 2. The van der Waals surface area contributed by atoms with Gasteiger partial charge >= 0.3 is 0 Å². The van der Waals surface area contributed by atoms with Crippen molar-refractivity contribution in [2.45, 2.75) is 18.9 Å². The van der Waals surface area contributed by atoms with E-state index in [0.717, 1.165) is 5.39 Å². The molecular formula is C17H17N3O3. The summed E-state index contributed by atoms with van der Waals surface area (Å²) < 4.78 is 11.4. The average Bonchev–Trinajstić information content (AvgIpc) is 2.96. The quantitative estimate of drug-likeness (QED) is 0.850. The highest BCUT2D eigenvalue weighted by molar-refractivity contribution is 5.99. The molecule has 0 unspecified atom stereocenters. The van der Waals surface area contributed by atoms with Gasteiger partial charge in [-0.15, -0.1) is 6.42 Å². The summed E-state index contributed by atoms with van der Waals surface area (Å²) in [6, 6.07) is 7.39. The molecule has 6 nitrogen and oxygen atoms in total. The summed E-state index contributed by atoms with van der Waals surface area (Å²) in [5.74, 6) is 3.47. The van der Waals surface area contributed by atoms with Gasteiger partial charge in [-0.3, -0.25) is 15.1 Å². The molecule has 118 valence electrons. The molecule has 0 radical (unpaired) electrons. The van der Waals surface area contributed by atoms with Gasteiger partial charge in [0.2, 0.25) is 5.91 Å². The minimum absolute atomic E-state index is 0.0491. The van der Waals surface area contributed by atoms with Crippen LogP contribution in [0.5, 0.6) is 5.75 Å². The molecule has 2 aromatic rings. The van der Waals surface area contributed by atoms with Crippen molar-refractivity contribution in [1.82, 2.24) is 10.2 Å². The number of guanidine groups is 1. The molecule has 1 fully saturated rings. The molecule has 1 atom stereocenters. The maximum absolute atomic E-state index is 12.1. The van der Waals surface area contributed by atoms with E-state index in [-0.39, 0.29) is 24.9 Å². The predicted molar refractivity (Wildman–Crippen MR) is 86.1 cm³/mol. The molecule has 0 aliphatic carbocycles. The average molecular weight is 311 g/mol. The summed E-state index contributed by atoms with van der Waals surface area (Å²) in [5.41, 5.74) is -0.193. The third kappa shape index (κ3) is 2.50. The Bertz CT molecular complexity index is 813. The number of fused-ring (bicyclic) bond motifs is 1. The normalized spacial score (nSPS) is 21.2. The fourth-order valence-corrected chi connectivity index (χ4v) is 2.63. The Hall–Kier alpha value is -2.94. The van der Waals surface area contributed by atoms with Gasteiger partial charge in [-0.2, -0.15) is 0 Å². The number of hydrogen-bond acceptors (Lipinski definition) is 4. The number of carbonyl (C=O) groups is 1. The number of amides is 1. The zero-order chi connectivity index (χ0) is 16.6. The molecule has 0 bridgehead atoms. The number of nitrogens with zero attached hydrogens (tertiary/aromatic N) is 1. The van der Waals surface area contributed by atoms with E-state index in [4.69, 9.17) is 21.0 Å². The minimum Gasteiger partial charge on any atom is -0.477 e. The zero-order valence-electron chi connectivity index (χ0n) is 13.0. The SMILES string of the molecule is C#CCOc1cccc2cc([C@]3(C)CC(=O)N(C)C(=N)N3)oc12. The van der Waals surface area contributed by atoms with Gasteiger partial charge in [-0.1, -0.05) is 18.1 Å². The Morgan fingerprint density at radius 3 is 3.04 bits per heavy atom. The summed E-state index contributed by atoms with van der Waals surface area (Å²) in [5, 5.41) is 11.8. The van der Waals surface area contributed by atoms with Crippen molar-refractivity contribution in [3.63, 3.8) is 0 Å². The van der Waals surface area contributed by atoms with Crippen LogP contribution in [-0.4, -0.2) is 30.4 Å². The molecule has 0 saturated carbocycles. The lowest BCUT2D eigenvalue weighted by Crippen LogP contribution is -2.58. The van der Waals surface area contributed by atoms with Crippen molar-refractivity contribution in [2.24, 2.45) is 0 Å². The third-order valence-corrected chi connectivity index (χ3v) is 3.97. The molecule has 6 heteroatoms. The molecule has 23 heavy (non-hydrogen) atoms. The minimum atomic E-state index is -0.775. The second-order valence-corrected chi connectivity index (χ2v) is 5.71. The smallest absolute Gasteiger partial charge is 0.231 e. The van der Waals surface area contributed by atoms with E-state index in [0.29, 0.717) is 17.1 Å². The molecule has 0 spiro atoms. The Morgan fingerprint density at radius 2 is 2.35 bits per heavy atom. The number of ether oxygens (including phenoxy) is 1. The molecule has 1 saturated heterocycles. The number of rotatable bonds is 3. The molecule has 1 aliphatic rings. The number of terminal acetylenes is 1. The number of carbonyl (C=O) groups excluding carboxylic acids is 1. The lowest BCUT2D eigenvalue weighted by Gasteiger charge is -2.37. The van der Waals surface area contributed by atoms with Crippen LogP contribution in [0.25, 0.3) is 11.0 Å². The van der Waals surface area contributed by atoms with Crippen molar-refractivity contribution in [3.8, 4) is 18.1 Å². The monoisotopic (exact) mass is 311 g/mol. The van der Waals surface area contributed by atoms with Crippen LogP contribution in [-0.2, 0) is 10.3 Å². The summed E-state index contributed by atoms with van der Waals surface area (Å²) in [4.78, 5) is 13.4. The van der Waals surface area contributed by atoms with Crippen LogP contribution in [0.1, 0.15) is 19.1 Å². The van der Waals surface area contributed by atoms with E-state index in [1.54, 1.807) is 13.1 Å². The standard InChI is InChI=1S/C17H17N3O3/c1-4-8-22-12-7-5-6-11-9-13(23-15(11)12)17(2)10-14(21)20(3)16(18)19-17/h1,5-7,9H,8,10H2,2-3H3,(H2,18,19)/t17-/m0/s1. The van der Waals surface area contributed by atoms with E-state index < -0.39 is 5.54 Å². The first-order valence-corrected chi connectivity index (χ1v) is 7.17. The Labute approximate surface area is 133 Å². The van der Waals surface area contributed by atoms with E-state index in [1.807, 2.05) is 25.1 Å². The highest BCUT2D eigenvalue weighted by Gasteiger charge is 2.40. The van der Waals surface area contributed by atoms with E-state index in [2.05, 4.69) is 11.2 Å². The van der Waals surface area contributed by atoms with Crippen LogP contribution in [0.2, 0.25) is 0 Å². The first kappa shape index (κ1) is 15.0. The van der Waals surface area contributed by atoms with Crippen LogP contribution >= 0.6 is 0 Å². The predicted octanol–water partition coefficient (Wildman–Crippen LogP) is 2.05. The molecule has 1 aromatic heterocycles. The maximum atomic E-state index is 12.1. The molecule has 1 amide bonds. The van der Waals surface area contributed by atoms with Crippen molar-refractivity contribution in [2.75, 3.05) is 13.7 Å². The second-order valence-electron chi connectivity index (χ2n) is 5.71. The molecule has 1 aliphatic heterocycles. The highest BCUT2D eigenvalue weighted by atomic mass is 16.5. The molecule has 3 rings (SSSR count). The topological polar surface area (TPSA) is 78.6 Å². The number of benzene rings is 1. The summed E-state index contributed by atoms with van der Waals surface area (Å²) in [7, 11) is 1.57. The van der Waals surface area contributed by atoms with E-state index in [1.165, 1.54) is 4.90 Å². The van der Waals surface area contributed by atoms with Crippen molar-refractivity contribution in [1.29, 1.82) is 5.41 Å². The summed E-state index contributed by atoms with van der Waals surface area (Å²) >= 11 is 0. The van der Waals surface area contributed by atoms with Crippen molar-refractivity contribution < 1.29 is 13.9 Å². The lowest BCUT2D eigenvalue weighted by atomic mass is 9.92. The van der Waals surface area contributed by atoms with Gasteiger partial charge in [0.05, 0.1) is 6.42 Å². The van der Waals surface area contributed by atoms with Gasteiger partial charge in [-0.25, -0.2) is 0 Å². The number of nitrogens with one attached hydrogen (secondary N) is 2. The largest absolute Gasteiger partial charge is 0.477 e. The molecule has 1 aromatic carbocycles. The fraction of sp³-hybridized carbons (Fsp3) is 0.294. The molecule has 2 N–H and O–H groups in total.